The monoisotopic (exact) mass is 589 g/mol. The van der Waals surface area contributed by atoms with Crippen molar-refractivity contribution >= 4 is 29.0 Å². The minimum atomic E-state index is -0.378. The third-order valence-corrected chi connectivity index (χ3v) is 7.82. The number of carbonyl (C=O) groups is 2. The summed E-state index contributed by atoms with van der Waals surface area (Å²) in [6.45, 7) is 5.02. The zero-order valence-electron chi connectivity index (χ0n) is 24.9. The maximum absolute atomic E-state index is 14.4. The number of rotatable bonds is 10. The second-order valence-electron chi connectivity index (χ2n) is 10.6. The van der Waals surface area contributed by atoms with Crippen LogP contribution >= 0.6 is 0 Å². The van der Waals surface area contributed by atoms with E-state index in [0.717, 1.165) is 40.9 Å². The van der Waals surface area contributed by atoms with Crippen LogP contribution in [0.1, 0.15) is 35.8 Å². The topological polar surface area (TPSA) is 93.5 Å². The number of hydrogen-bond donors (Lipinski definition) is 1. The molecule has 3 aromatic rings. The summed E-state index contributed by atoms with van der Waals surface area (Å²) in [5.41, 5.74) is 4.72. The third-order valence-electron chi connectivity index (χ3n) is 7.82. The van der Waals surface area contributed by atoms with Crippen LogP contribution in [0.15, 0.2) is 58.7 Å². The molecular formula is C33H36FN3O6. The largest absolute Gasteiger partial charge is 0.493 e. The van der Waals surface area contributed by atoms with E-state index >= 15 is 0 Å². The summed E-state index contributed by atoms with van der Waals surface area (Å²) in [6, 6.07) is 11.8. The fraction of sp³-hybridized carbons (Fsp3) is 0.333. The van der Waals surface area contributed by atoms with Crippen molar-refractivity contribution in [3.63, 3.8) is 0 Å². The first-order valence-corrected chi connectivity index (χ1v) is 14.1. The fourth-order valence-corrected chi connectivity index (χ4v) is 5.38. The van der Waals surface area contributed by atoms with Gasteiger partial charge in [-0.05, 0) is 89.9 Å². The van der Waals surface area contributed by atoms with E-state index in [1.54, 1.807) is 41.5 Å². The molecule has 1 N–H and O–H groups in total. The van der Waals surface area contributed by atoms with Crippen LogP contribution in [0.25, 0.3) is 17.2 Å². The molecule has 0 bridgehead atoms. The zero-order chi connectivity index (χ0) is 30.5. The second-order valence-corrected chi connectivity index (χ2v) is 10.6. The number of benzene rings is 2. The Morgan fingerprint density at radius 1 is 1.02 bits per heavy atom. The lowest BCUT2D eigenvalue weighted by molar-refractivity contribution is -0.135. The van der Waals surface area contributed by atoms with Gasteiger partial charge in [-0.1, -0.05) is 6.07 Å². The number of furan rings is 1. The van der Waals surface area contributed by atoms with Crippen molar-refractivity contribution in [1.29, 1.82) is 0 Å². The van der Waals surface area contributed by atoms with Gasteiger partial charge in [0.25, 0.3) is 5.91 Å². The molecule has 226 valence electrons. The summed E-state index contributed by atoms with van der Waals surface area (Å²) in [6.07, 6.45) is 3.59. The van der Waals surface area contributed by atoms with Gasteiger partial charge >= 0.3 is 0 Å². The summed E-state index contributed by atoms with van der Waals surface area (Å²) < 4.78 is 36.9. The number of piperazine rings is 1. The smallest absolute Gasteiger partial charge is 0.260 e. The number of nitrogens with zero attached hydrogens (tertiary/aromatic N) is 2. The van der Waals surface area contributed by atoms with Gasteiger partial charge in [-0.25, -0.2) is 4.39 Å². The van der Waals surface area contributed by atoms with Gasteiger partial charge in [-0.3, -0.25) is 9.59 Å². The van der Waals surface area contributed by atoms with Crippen LogP contribution in [0.4, 0.5) is 4.39 Å². The van der Waals surface area contributed by atoms with Crippen LogP contribution < -0.4 is 19.5 Å². The summed E-state index contributed by atoms with van der Waals surface area (Å²) >= 11 is 0. The molecule has 1 fully saturated rings. The first-order chi connectivity index (χ1) is 20.8. The van der Waals surface area contributed by atoms with E-state index in [4.69, 9.17) is 18.6 Å². The Morgan fingerprint density at radius 2 is 1.74 bits per heavy atom. The van der Waals surface area contributed by atoms with Crippen LogP contribution in [0.3, 0.4) is 0 Å². The normalized spacial score (nSPS) is 15.9. The number of allylic oxidation sites excluding steroid dienone is 2. The Balaban J connectivity index is 1.40. The molecule has 0 radical (unpaired) electrons. The summed E-state index contributed by atoms with van der Waals surface area (Å²) in [5, 5.41) is 2.87. The number of carbonyl (C=O) groups excluding carboxylic acids is 2. The Hall–Kier alpha value is -4.57. The van der Waals surface area contributed by atoms with Crippen molar-refractivity contribution in [3.05, 3.63) is 82.6 Å². The first-order valence-electron chi connectivity index (χ1n) is 14.1. The molecule has 0 unspecified atom stereocenters. The highest BCUT2D eigenvalue weighted by molar-refractivity contribution is 6.08. The van der Waals surface area contributed by atoms with Crippen LogP contribution in [0.5, 0.6) is 17.2 Å². The first kappa shape index (κ1) is 29.9. The van der Waals surface area contributed by atoms with Crippen LogP contribution in [0.2, 0.25) is 0 Å². The van der Waals surface area contributed by atoms with Crippen LogP contribution in [-0.4, -0.2) is 75.7 Å². The van der Waals surface area contributed by atoms with Gasteiger partial charge in [0.1, 0.15) is 11.6 Å². The number of fused-ring (bicyclic) bond motifs is 1. The van der Waals surface area contributed by atoms with Crippen molar-refractivity contribution < 1.29 is 32.6 Å². The Morgan fingerprint density at radius 3 is 2.40 bits per heavy atom. The molecule has 2 aromatic carbocycles. The standard InChI is InChI=1S/C33H36FN3O6/c1-21-26(25-8-7-23(34)17-28(25)27(21)18-31(38)35-19-24-6-5-13-42-24)14-22-15-29(40-3)33(30(16-22)41-4)43-20-32(39)37-11-9-36(2)10-12-37/h5-8,13-17H,9-12,18-20H2,1-4H3,(H,35,38)/b26-14-. The highest BCUT2D eigenvalue weighted by Crippen LogP contribution is 2.45. The van der Waals surface area contributed by atoms with Gasteiger partial charge in [0.05, 0.1) is 33.4 Å². The minimum Gasteiger partial charge on any atom is -0.493 e. The van der Waals surface area contributed by atoms with E-state index in [0.29, 0.717) is 41.7 Å². The minimum absolute atomic E-state index is 0.0844. The van der Waals surface area contributed by atoms with Gasteiger partial charge in [0.2, 0.25) is 11.7 Å². The maximum atomic E-state index is 14.4. The van der Waals surface area contributed by atoms with E-state index in [9.17, 15) is 14.0 Å². The molecular weight excluding hydrogens is 553 g/mol. The molecule has 1 aromatic heterocycles. The third kappa shape index (κ3) is 6.75. The van der Waals surface area contributed by atoms with Gasteiger partial charge < -0.3 is 33.7 Å². The van der Waals surface area contributed by atoms with Crippen molar-refractivity contribution in [3.8, 4) is 17.2 Å². The molecule has 0 saturated carbocycles. The Bertz CT molecular complexity index is 1530. The molecule has 1 aliphatic heterocycles. The molecule has 0 spiro atoms. The van der Waals surface area contributed by atoms with Gasteiger partial charge in [-0.15, -0.1) is 0 Å². The number of methoxy groups -OCH3 is 2. The number of hydrogen-bond acceptors (Lipinski definition) is 7. The highest BCUT2D eigenvalue weighted by atomic mass is 19.1. The van der Waals surface area contributed by atoms with Crippen molar-refractivity contribution in [1.82, 2.24) is 15.1 Å². The molecule has 5 rings (SSSR count). The van der Waals surface area contributed by atoms with Crippen LogP contribution in [-0.2, 0) is 16.1 Å². The fourth-order valence-electron chi connectivity index (χ4n) is 5.38. The predicted molar refractivity (Wildman–Crippen MR) is 161 cm³/mol. The quantitative estimate of drug-likeness (QED) is 0.369. The number of likely N-dealkylation sites (N-methyl/N-ethyl adjacent to an activating group) is 1. The Kier molecular flexibility index (Phi) is 9.16. The van der Waals surface area contributed by atoms with E-state index in [-0.39, 0.29) is 37.2 Å². The number of nitrogens with one attached hydrogen (secondary N) is 1. The van der Waals surface area contributed by atoms with Crippen molar-refractivity contribution in [2.75, 3.05) is 54.1 Å². The van der Waals surface area contributed by atoms with Crippen molar-refractivity contribution in [2.45, 2.75) is 19.9 Å². The molecule has 10 heteroatoms. The van der Waals surface area contributed by atoms with E-state index < -0.39 is 0 Å². The molecule has 2 aliphatic rings. The molecule has 2 heterocycles. The summed E-state index contributed by atoms with van der Waals surface area (Å²) in [7, 11) is 5.09. The summed E-state index contributed by atoms with van der Waals surface area (Å²) in [5.74, 6) is 1.14. The highest BCUT2D eigenvalue weighted by Gasteiger charge is 2.27. The molecule has 43 heavy (non-hydrogen) atoms. The SMILES string of the molecule is COc1cc(/C=C2/C(C)=C(CC(=O)NCc3ccco3)c3cc(F)ccc32)cc(OC)c1OCC(=O)N1CCN(C)CC1. The Labute approximate surface area is 250 Å². The average Bonchev–Trinajstić information content (AvgIpc) is 3.62. The van der Waals surface area contributed by atoms with E-state index in [2.05, 4.69) is 10.2 Å². The molecule has 9 nitrogen and oxygen atoms in total. The lowest BCUT2D eigenvalue weighted by Gasteiger charge is -2.32. The molecule has 1 saturated heterocycles. The van der Waals surface area contributed by atoms with Gasteiger partial charge in [0.15, 0.2) is 18.1 Å². The van der Waals surface area contributed by atoms with E-state index in [1.807, 2.05) is 20.0 Å². The van der Waals surface area contributed by atoms with E-state index in [1.165, 1.54) is 26.4 Å². The van der Waals surface area contributed by atoms with Gasteiger partial charge in [0, 0.05) is 26.2 Å². The molecule has 2 amide bonds. The zero-order valence-corrected chi connectivity index (χ0v) is 24.9. The number of amides is 2. The van der Waals surface area contributed by atoms with Crippen molar-refractivity contribution in [2.24, 2.45) is 0 Å². The lowest BCUT2D eigenvalue weighted by atomic mass is 10.00. The molecule has 1 aliphatic carbocycles. The molecule has 0 atom stereocenters. The van der Waals surface area contributed by atoms with Crippen LogP contribution in [0, 0.1) is 5.82 Å². The lowest BCUT2D eigenvalue weighted by Crippen LogP contribution is -2.48. The summed E-state index contributed by atoms with van der Waals surface area (Å²) in [4.78, 5) is 29.6. The average molecular weight is 590 g/mol. The number of halogens is 1. The number of ether oxygens (including phenoxy) is 3. The van der Waals surface area contributed by atoms with Gasteiger partial charge in [-0.2, -0.15) is 0 Å². The predicted octanol–water partition coefficient (Wildman–Crippen LogP) is 4.62. The second kappa shape index (κ2) is 13.2. The maximum Gasteiger partial charge on any atom is 0.260 e.